The van der Waals surface area contributed by atoms with Crippen molar-refractivity contribution in [2.75, 3.05) is 13.1 Å². The number of aliphatic carboxylic acids is 1. The van der Waals surface area contributed by atoms with E-state index >= 15 is 0 Å². The Morgan fingerprint density at radius 1 is 0.395 bits per heavy atom. The highest BCUT2D eigenvalue weighted by molar-refractivity contribution is 7.10. The highest BCUT2D eigenvalue weighted by Crippen LogP contribution is 2.44. The first-order valence-corrected chi connectivity index (χ1v) is 47.6. The van der Waals surface area contributed by atoms with Gasteiger partial charge in [0.1, 0.15) is 29.1 Å². The van der Waals surface area contributed by atoms with Gasteiger partial charge in [-0.2, -0.15) is 0 Å². The first-order chi connectivity index (χ1) is 70.1. The summed E-state index contributed by atoms with van der Waals surface area (Å²) in [5, 5.41) is 58.1. The van der Waals surface area contributed by atoms with Crippen LogP contribution in [-0.2, 0) is 112 Å². The molecule has 2 aromatic heterocycles. The number of fused-ring (bicyclic) bond motifs is 6. The maximum atomic E-state index is 14.2. The van der Waals surface area contributed by atoms with Gasteiger partial charge in [0.05, 0.1) is 35.3 Å². The number of esters is 4. The number of aliphatic hydroxyl groups is 3. The lowest BCUT2D eigenvalue weighted by atomic mass is 9.94. The van der Waals surface area contributed by atoms with Gasteiger partial charge in [-0.25, -0.2) is 26.7 Å². The SMILES string of the molecule is C.CC(=O)O[C@@H](C(=O)NCCc1cccs1)[C@@H](OC(C)=O)C(=O)N1Cc2ccccc2C1c1cccc(F)c1.CC(=O)O[C@@H](C(=O)O)[C@@H](OC(C)=O)C(=O)N1Cc2ccccc2C1c1cccc(F)c1.Fc1cccc(C2NCc3ccccc32)c1.O=C(NCCc1cccs1)[C@H](O)[C@@H](O)C(=O)N1Cc2ccccc2[C@@H]1c1cccc(F)c1.O=C1NC(=O)c2ccccc21.O=C1NC(O)(c2cccc(F)c2)c2ccccc21. The van der Waals surface area contributed by atoms with Crippen LogP contribution in [0, 0.1) is 29.1 Å². The molecule has 0 saturated heterocycles. The van der Waals surface area contributed by atoms with Gasteiger partial charge < -0.3 is 75.3 Å². The van der Waals surface area contributed by atoms with E-state index in [-0.39, 0.29) is 69.7 Å². The minimum atomic E-state index is -2.04. The van der Waals surface area contributed by atoms with Crippen molar-refractivity contribution in [3.8, 4) is 0 Å². The molecule has 8 amide bonds. The van der Waals surface area contributed by atoms with Crippen molar-refractivity contribution in [2.24, 2.45) is 0 Å². The van der Waals surface area contributed by atoms with E-state index in [1.54, 1.807) is 133 Å². The maximum Gasteiger partial charge on any atom is 0.349 e. The molecule has 0 aliphatic carbocycles. The van der Waals surface area contributed by atoms with Crippen molar-refractivity contribution in [1.29, 1.82) is 0 Å². The number of rotatable bonds is 24. The van der Waals surface area contributed by atoms with Gasteiger partial charge in [-0.1, -0.05) is 208 Å². The van der Waals surface area contributed by atoms with E-state index in [0.717, 1.165) is 82.9 Å². The fourth-order valence-electron chi connectivity index (χ4n) is 17.7. The average Bonchev–Trinajstić information content (AvgIpc) is 1.60. The van der Waals surface area contributed by atoms with Crippen LogP contribution in [0.25, 0.3) is 0 Å². The number of benzene rings is 11. The largest absolute Gasteiger partial charge is 0.478 e. The summed E-state index contributed by atoms with van der Waals surface area (Å²) in [5.74, 6) is -12.2. The number of carbonyl (C=O) groups is 13. The number of carboxylic acids is 1. The number of nitrogens with zero attached hydrogens (tertiary/aromatic N) is 3. The molecule has 11 atom stereocenters. The minimum absolute atomic E-state index is 0. The van der Waals surface area contributed by atoms with Gasteiger partial charge >= 0.3 is 29.8 Å². The molecule has 19 rings (SSSR count). The number of amides is 8. The van der Waals surface area contributed by atoms with Gasteiger partial charge in [0.2, 0.25) is 24.4 Å². The summed E-state index contributed by atoms with van der Waals surface area (Å²) in [7, 11) is 0. The Morgan fingerprint density at radius 3 is 1.18 bits per heavy atom. The van der Waals surface area contributed by atoms with Crippen molar-refractivity contribution < 1.29 is 124 Å². The molecule has 0 saturated carbocycles. The summed E-state index contributed by atoms with van der Waals surface area (Å²) >= 11 is 3.08. The molecule has 6 aliphatic rings. The van der Waals surface area contributed by atoms with Crippen LogP contribution in [0.3, 0.4) is 0 Å². The van der Waals surface area contributed by atoms with Crippen LogP contribution < -0.4 is 26.6 Å². The zero-order valence-electron chi connectivity index (χ0n) is 78.6. The second kappa shape index (κ2) is 49.3. The normalized spacial score (nSPS) is 17.0. The second-order valence-corrected chi connectivity index (χ2v) is 36.1. The quantitative estimate of drug-likeness (QED) is 0.0117. The molecular formula is C111H101F5N8O21S2. The Kier molecular flexibility index (Phi) is 36.2. The van der Waals surface area contributed by atoms with Crippen LogP contribution in [-0.4, -0.2) is 162 Å². The lowest BCUT2D eigenvalue weighted by Gasteiger charge is -2.32. The summed E-state index contributed by atoms with van der Waals surface area (Å²) in [4.78, 5) is 165. The minimum Gasteiger partial charge on any atom is -0.478 e. The predicted molar refractivity (Wildman–Crippen MR) is 529 cm³/mol. The molecule has 147 heavy (non-hydrogen) atoms. The number of ether oxygens (including phenoxy) is 4. The van der Waals surface area contributed by atoms with E-state index in [0.29, 0.717) is 57.3 Å². The van der Waals surface area contributed by atoms with Gasteiger partial charge in [-0.15, -0.1) is 22.7 Å². The standard InChI is InChI=1S/C28H27FN2O6S.C24H23FN2O4S.C22H20FNO7.C14H10FNO2.C14H12FN.C8H5NO2.CH4/c1-17(32)36-25(27(34)30-13-12-22-10-6-14-38-22)26(37-18(2)33)28(35)31-16-20-7-3-4-11-23(20)24(31)19-8-5-9-21(29)15-19;25-17-7-3-6-15(13-17)20-19-9-2-1-5-16(19)14-27(20)24(31)22(29)21(28)23(30)26-11-10-18-8-4-12-32-18;1-12(25)30-19(20(22(28)29)31-13(2)26)21(27)24-11-15-6-3-4-9-17(15)18(24)14-7-5-8-16(23)10-14;15-10-5-3-4-9(8-10)14(18)12-7-2-1-6-11(12)13(17)16-14;15-12-6-3-5-10(8-12)14-13-7-2-1-4-11(13)9-16-14;10-7-5-3-1-2-4-6(5)8(11)9-7;/h3-11,14-15,24-26H,12-13,16H2,1-2H3,(H,30,34);1-9,12-13,20-22,28-29H,10-11,14H2,(H,26,30);3-10,18-20H,11H2,1-2H3,(H,28,29);1-8,18H,(H,16,17);1-8,14,16H,9H2;1-4H,(H,9,10,11);1H4/t24?,25-,26-;20-,21+,22+;18?,19-,20-;;;;/m101..../s1. The number of nitrogens with one attached hydrogen (secondary N) is 5. The second-order valence-electron chi connectivity index (χ2n) is 34.1. The van der Waals surface area contributed by atoms with E-state index in [9.17, 15) is 105 Å². The molecule has 36 heteroatoms. The first kappa shape index (κ1) is 108. The van der Waals surface area contributed by atoms with Gasteiger partial charge in [0, 0.05) is 93.4 Å². The first-order valence-electron chi connectivity index (χ1n) is 45.8. The molecular weight excluding hydrogens is 1940 g/mol. The Hall–Kier alpha value is -16.4. The number of hydrogen-bond acceptors (Lipinski definition) is 23. The van der Waals surface area contributed by atoms with Crippen LogP contribution in [0.15, 0.2) is 302 Å². The molecule has 0 bridgehead atoms. The molecule has 0 fully saturated rings. The van der Waals surface area contributed by atoms with E-state index in [2.05, 4.69) is 38.7 Å². The van der Waals surface area contributed by atoms with Crippen LogP contribution in [0.2, 0.25) is 0 Å². The number of halogens is 5. The van der Waals surface area contributed by atoms with E-state index < -0.39 is 143 Å². The Balaban J connectivity index is 0.000000153. The summed E-state index contributed by atoms with van der Waals surface area (Å²) in [6.45, 7) is 5.92. The lowest BCUT2D eigenvalue weighted by molar-refractivity contribution is -0.184. The fraction of sp³-hybridized carbons (Fsp3) is 0.216. The van der Waals surface area contributed by atoms with Crippen molar-refractivity contribution in [3.05, 3.63) is 435 Å². The van der Waals surface area contributed by atoms with Gasteiger partial charge in [0.25, 0.3) is 47.3 Å². The number of aliphatic hydroxyl groups excluding tert-OH is 2. The Labute approximate surface area is 848 Å². The summed E-state index contributed by atoms with van der Waals surface area (Å²) in [6, 6.07) is 79.0. The predicted octanol–water partition coefficient (Wildman–Crippen LogP) is 14.1. The zero-order valence-corrected chi connectivity index (χ0v) is 80.2. The maximum absolute atomic E-state index is 14.2. The average molecular weight is 2040 g/mol. The number of carbonyl (C=O) groups excluding carboxylic acids is 12. The van der Waals surface area contributed by atoms with Crippen LogP contribution >= 0.6 is 22.7 Å². The van der Waals surface area contributed by atoms with Crippen molar-refractivity contribution in [3.63, 3.8) is 0 Å². The van der Waals surface area contributed by atoms with Crippen molar-refractivity contribution >= 4 is 99.8 Å². The third-order valence-electron chi connectivity index (χ3n) is 24.2. The van der Waals surface area contributed by atoms with Crippen LogP contribution in [0.4, 0.5) is 22.0 Å². The van der Waals surface area contributed by atoms with Crippen molar-refractivity contribution in [1.82, 2.24) is 41.3 Å². The number of thiophene rings is 2. The van der Waals surface area contributed by atoms with Crippen LogP contribution in [0.1, 0.15) is 178 Å². The smallest absolute Gasteiger partial charge is 0.349 e. The van der Waals surface area contributed by atoms with E-state index in [1.165, 1.54) is 104 Å². The van der Waals surface area contributed by atoms with Crippen molar-refractivity contribution in [2.45, 2.75) is 141 Å². The molecule has 8 heterocycles. The molecule has 0 spiro atoms. The highest BCUT2D eigenvalue weighted by Gasteiger charge is 2.50. The van der Waals surface area contributed by atoms with E-state index in [1.807, 2.05) is 102 Å². The third-order valence-corrected chi connectivity index (χ3v) is 26.0. The summed E-state index contributed by atoms with van der Waals surface area (Å²) in [6.07, 6.45) is -10.2. The van der Waals surface area contributed by atoms with Crippen LogP contribution in [0.5, 0.6) is 0 Å². The van der Waals surface area contributed by atoms with Gasteiger partial charge in [-0.05, 0) is 181 Å². The molecule has 0 radical (unpaired) electrons. The Bertz CT molecular complexity index is 7010. The highest BCUT2D eigenvalue weighted by atomic mass is 32.1. The monoisotopic (exact) mass is 2040 g/mol. The molecule has 4 unspecified atom stereocenters. The zero-order chi connectivity index (χ0) is 104. The lowest BCUT2D eigenvalue weighted by Crippen LogP contribution is -2.54. The number of imide groups is 1. The molecule has 6 aliphatic heterocycles. The number of hydrogen-bond donors (Lipinski definition) is 9. The summed E-state index contributed by atoms with van der Waals surface area (Å²) < 4.78 is 88.7. The molecule has 13 aromatic rings. The van der Waals surface area contributed by atoms with Gasteiger partial charge in [0.15, 0.2) is 17.9 Å². The topological polar surface area (TPSA) is 410 Å². The molecule has 29 nitrogen and oxygen atoms in total. The fourth-order valence-corrected chi connectivity index (χ4v) is 19.1. The Morgan fingerprint density at radius 2 is 0.755 bits per heavy atom. The molecule has 758 valence electrons. The third kappa shape index (κ3) is 26.2. The van der Waals surface area contributed by atoms with E-state index in [4.69, 9.17) is 18.9 Å². The van der Waals surface area contributed by atoms with Gasteiger partial charge in [-0.3, -0.25) is 62.9 Å². The summed E-state index contributed by atoms with van der Waals surface area (Å²) in [5.41, 5.74) is 10.3. The number of carboxylic acid groups (broad SMARTS) is 1. The molecule has 9 N–H and O–H groups in total. The molecule has 11 aromatic carbocycles.